The van der Waals surface area contributed by atoms with E-state index in [1.165, 1.54) is 0 Å². The number of hydrogen-bond acceptors (Lipinski definition) is 2. The summed E-state index contributed by atoms with van der Waals surface area (Å²) in [6.45, 7) is -1.79. The molecule has 1 saturated heterocycles. The van der Waals surface area contributed by atoms with Crippen LogP contribution in [0.25, 0.3) is 0 Å². The Bertz CT molecular complexity index is 203. The molecule has 2 nitrogen and oxygen atoms in total. The Hall–Kier alpha value is -0.430. The molecule has 0 saturated carbocycles. The van der Waals surface area contributed by atoms with Crippen LogP contribution in [0.4, 0.5) is 22.0 Å². The first kappa shape index (κ1) is 11.6. The van der Waals surface area contributed by atoms with Crippen molar-refractivity contribution in [3.05, 3.63) is 0 Å². The number of nitrogens with zero attached hydrogens (tertiary/aromatic N) is 1. The average Bonchev–Trinajstić information content (AvgIpc) is 2.29. The van der Waals surface area contributed by atoms with Gasteiger partial charge in [-0.1, -0.05) is 0 Å². The predicted molar refractivity (Wildman–Crippen MR) is 40.0 cm³/mol. The first-order chi connectivity index (χ1) is 6.26. The summed E-state index contributed by atoms with van der Waals surface area (Å²) in [6.07, 6.45) is -5.06. The maximum atomic E-state index is 12.6. The fourth-order valence-corrected chi connectivity index (χ4v) is 1.52. The Labute approximate surface area is 77.9 Å². The molecular weight excluding hydrogens is 207 g/mol. The van der Waals surface area contributed by atoms with Crippen LogP contribution in [0.2, 0.25) is 0 Å². The Morgan fingerprint density at radius 2 is 1.93 bits per heavy atom. The van der Waals surface area contributed by atoms with Crippen LogP contribution in [0.1, 0.15) is 6.42 Å². The van der Waals surface area contributed by atoms with Crippen LogP contribution in [-0.4, -0.2) is 42.7 Å². The Kier molecular flexibility index (Phi) is 3.01. The standard InChI is InChI=1S/C7H11F5N2/c8-6(9)1-2-14(4-6)5(3-13)7(10,11)12/h5H,1-4,13H2. The third-order valence-corrected chi connectivity index (χ3v) is 2.24. The molecule has 0 aromatic rings. The minimum Gasteiger partial charge on any atom is -0.329 e. The number of hydrogen-bond donors (Lipinski definition) is 1. The van der Waals surface area contributed by atoms with Gasteiger partial charge in [-0.2, -0.15) is 13.2 Å². The van der Waals surface area contributed by atoms with Crippen molar-refractivity contribution < 1.29 is 22.0 Å². The van der Waals surface area contributed by atoms with Crippen molar-refractivity contribution in [2.24, 2.45) is 5.73 Å². The van der Waals surface area contributed by atoms with Crippen LogP contribution in [0, 0.1) is 0 Å². The van der Waals surface area contributed by atoms with Crippen molar-refractivity contribution in [2.45, 2.75) is 24.6 Å². The molecule has 1 atom stereocenters. The van der Waals surface area contributed by atoms with Crippen molar-refractivity contribution >= 4 is 0 Å². The van der Waals surface area contributed by atoms with Crippen LogP contribution < -0.4 is 5.73 Å². The van der Waals surface area contributed by atoms with Crippen LogP contribution in [0.15, 0.2) is 0 Å². The Balaban J connectivity index is 2.65. The molecule has 0 spiro atoms. The molecule has 7 heteroatoms. The summed E-state index contributed by atoms with van der Waals surface area (Å²) in [7, 11) is 0. The zero-order valence-electron chi connectivity index (χ0n) is 7.32. The topological polar surface area (TPSA) is 29.3 Å². The highest BCUT2D eigenvalue weighted by Crippen LogP contribution is 2.33. The summed E-state index contributed by atoms with van der Waals surface area (Å²) in [5, 5.41) is 0. The predicted octanol–water partition coefficient (Wildman–Crippen LogP) is 1.22. The summed E-state index contributed by atoms with van der Waals surface area (Å²) in [5.41, 5.74) is 4.92. The van der Waals surface area contributed by atoms with Crippen LogP contribution in [0.3, 0.4) is 0 Å². The Morgan fingerprint density at radius 3 is 2.21 bits per heavy atom. The second kappa shape index (κ2) is 3.62. The van der Waals surface area contributed by atoms with Gasteiger partial charge < -0.3 is 5.73 Å². The summed E-state index contributed by atoms with van der Waals surface area (Å²) in [6, 6.07) is -1.95. The molecule has 1 aliphatic heterocycles. The largest absolute Gasteiger partial charge is 0.405 e. The Morgan fingerprint density at radius 1 is 1.36 bits per heavy atom. The van der Waals surface area contributed by atoms with Crippen LogP contribution in [0.5, 0.6) is 0 Å². The highest BCUT2D eigenvalue weighted by molar-refractivity contribution is 4.89. The lowest BCUT2D eigenvalue weighted by molar-refractivity contribution is -0.180. The van der Waals surface area contributed by atoms with Crippen molar-refractivity contribution in [1.29, 1.82) is 0 Å². The molecular formula is C7H11F5N2. The fraction of sp³-hybridized carbons (Fsp3) is 1.00. The number of nitrogens with two attached hydrogens (primary N) is 1. The minimum atomic E-state index is -4.53. The molecule has 1 heterocycles. The van der Waals surface area contributed by atoms with Crippen molar-refractivity contribution in [2.75, 3.05) is 19.6 Å². The van der Waals surface area contributed by atoms with Gasteiger partial charge in [-0.15, -0.1) is 0 Å². The van der Waals surface area contributed by atoms with Gasteiger partial charge in [0.15, 0.2) is 0 Å². The molecule has 0 radical (unpaired) electrons. The van der Waals surface area contributed by atoms with Gasteiger partial charge in [0.1, 0.15) is 6.04 Å². The molecule has 0 aliphatic carbocycles. The molecule has 1 rings (SSSR count). The first-order valence-electron chi connectivity index (χ1n) is 4.15. The normalized spacial score (nSPS) is 25.3. The molecule has 14 heavy (non-hydrogen) atoms. The average molecular weight is 218 g/mol. The molecule has 0 amide bonds. The smallest absolute Gasteiger partial charge is 0.329 e. The molecule has 0 aromatic carbocycles. The molecule has 1 unspecified atom stereocenters. The van der Waals surface area contributed by atoms with E-state index in [1.54, 1.807) is 0 Å². The van der Waals surface area contributed by atoms with E-state index in [1.807, 2.05) is 0 Å². The van der Waals surface area contributed by atoms with Crippen molar-refractivity contribution in [1.82, 2.24) is 4.90 Å². The van der Waals surface area contributed by atoms with Crippen molar-refractivity contribution in [3.8, 4) is 0 Å². The molecule has 1 aliphatic rings. The molecule has 1 fully saturated rings. The molecule has 0 bridgehead atoms. The third kappa shape index (κ3) is 2.54. The second-order valence-electron chi connectivity index (χ2n) is 3.37. The summed E-state index contributed by atoms with van der Waals surface area (Å²) < 4.78 is 62.0. The van der Waals surface area contributed by atoms with Gasteiger partial charge in [0.05, 0.1) is 6.54 Å². The summed E-state index contributed by atoms with van der Waals surface area (Å²) in [4.78, 5) is 0.694. The lowest BCUT2D eigenvalue weighted by Crippen LogP contribution is -2.49. The number of alkyl halides is 5. The molecule has 84 valence electrons. The van der Waals surface area contributed by atoms with E-state index in [0.717, 1.165) is 0 Å². The van der Waals surface area contributed by atoms with E-state index in [2.05, 4.69) is 0 Å². The van der Waals surface area contributed by atoms with E-state index in [9.17, 15) is 22.0 Å². The maximum absolute atomic E-state index is 12.6. The second-order valence-corrected chi connectivity index (χ2v) is 3.37. The highest BCUT2D eigenvalue weighted by Gasteiger charge is 2.49. The number of halogens is 5. The number of rotatable bonds is 2. The fourth-order valence-electron chi connectivity index (χ4n) is 1.52. The summed E-state index contributed by atoms with van der Waals surface area (Å²) >= 11 is 0. The van der Waals surface area contributed by atoms with Gasteiger partial charge in [-0.3, -0.25) is 4.90 Å². The van der Waals surface area contributed by atoms with Crippen LogP contribution in [-0.2, 0) is 0 Å². The lowest BCUT2D eigenvalue weighted by Gasteiger charge is -2.28. The first-order valence-corrected chi connectivity index (χ1v) is 4.15. The van der Waals surface area contributed by atoms with Gasteiger partial charge >= 0.3 is 6.18 Å². The third-order valence-electron chi connectivity index (χ3n) is 2.24. The zero-order chi connectivity index (χ0) is 11.0. The molecule has 0 aromatic heterocycles. The van der Waals surface area contributed by atoms with E-state index >= 15 is 0 Å². The minimum absolute atomic E-state index is 0.256. The van der Waals surface area contributed by atoms with Gasteiger partial charge in [0.2, 0.25) is 0 Å². The van der Waals surface area contributed by atoms with E-state index in [4.69, 9.17) is 5.73 Å². The van der Waals surface area contributed by atoms with E-state index in [-0.39, 0.29) is 6.54 Å². The van der Waals surface area contributed by atoms with Gasteiger partial charge in [-0.25, -0.2) is 8.78 Å². The van der Waals surface area contributed by atoms with Crippen LogP contribution >= 0.6 is 0 Å². The monoisotopic (exact) mass is 218 g/mol. The van der Waals surface area contributed by atoms with Gasteiger partial charge in [0, 0.05) is 19.5 Å². The maximum Gasteiger partial charge on any atom is 0.405 e. The highest BCUT2D eigenvalue weighted by atomic mass is 19.4. The number of likely N-dealkylation sites (tertiary alicyclic amines) is 1. The SMILES string of the molecule is NCC(N1CCC(F)(F)C1)C(F)(F)F. The quantitative estimate of drug-likeness (QED) is 0.706. The van der Waals surface area contributed by atoms with E-state index in [0.29, 0.717) is 4.90 Å². The van der Waals surface area contributed by atoms with Gasteiger partial charge in [-0.05, 0) is 0 Å². The van der Waals surface area contributed by atoms with E-state index < -0.39 is 37.7 Å². The lowest BCUT2D eigenvalue weighted by atomic mass is 10.2. The van der Waals surface area contributed by atoms with Crippen molar-refractivity contribution in [3.63, 3.8) is 0 Å². The summed E-state index contributed by atoms with van der Waals surface area (Å²) in [5.74, 6) is -3.02. The molecule has 2 N–H and O–H groups in total. The van der Waals surface area contributed by atoms with Gasteiger partial charge in [0.25, 0.3) is 5.92 Å². The zero-order valence-corrected chi connectivity index (χ0v) is 7.32.